The van der Waals surface area contributed by atoms with Crippen molar-refractivity contribution in [3.8, 4) is 11.8 Å². The van der Waals surface area contributed by atoms with Crippen LogP contribution in [0.1, 0.15) is 36.5 Å². The molecule has 134 valence electrons. The van der Waals surface area contributed by atoms with Gasteiger partial charge in [-0.05, 0) is 40.8 Å². The van der Waals surface area contributed by atoms with Gasteiger partial charge in [0.15, 0.2) is 11.6 Å². The summed E-state index contributed by atoms with van der Waals surface area (Å²) in [5, 5.41) is 9.21. The van der Waals surface area contributed by atoms with Crippen LogP contribution in [0.15, 0.2) is 48.0 Å². The topological polar surface area (TPSA) is 59.3 Å². The summed E-state index contributed by atoms with van der Waals surface area (Å²) in [5.74, 6) is -0.778. The normalized spacial score (nSPS) is 11.2. The van der Waals surface area contributed by atoms with Crippen molar-refractivity contribution < 1.29 is 18.7 Å². The van der Waals surface area contributed by atoms with Gasteiger partial charge in [-0.2, -0.15) is 5.26 Å². The minimum atomic E-state index is -0.753. The maximum Gasteiger partial charge on any atom is 0.349 e. The molecule has 0 atom stereocenters. The first kappa shape index (κ1) is 19.2. The zero-order valence-corrected chi connectivity index (χ0v) is 15.0. The Morgan fingerprint density at radius 2 is 1.92 bits per heavy atom. The first-order valence-electron chi connectivity index (χ1n) is 8.16. The lowest BCUT2D eigenvalue weighted by molar-refractivity contribution is -0.139. The number of rotatable bonds is 6. The van der Waals surface area contributed by atoms with Crippen molar-refractivity contribution in [2.75, 3.05) is 7.11 Å². The molecule has 0 aliphatic rings. The minimum absolute atomic E-state index is 0.113. The lowest BCUT2D eigenvalue weighted by Gasteiger charge is -2.07. The van der Waals surface area contributed by atoms with Gasteiger partial charge in [0.1, 0.15) is 18.2 Å². The Morgan fingerprint density at radius 1 is 1.23 bits per heavy atom. The molecule has 0 bridgehead atoms. The number of halogens is 1. The summed E-state index contributed by atoms with van der Waals surface area (Å²) < 4.78 is 23.6. The van der Waals surface area contributed by atoms with Crippen molar-refractivity contribution >= 4 is 12.0 Å². The van der Waals surface area contributed by atoms with Gasteiger partial charge in [0.05, 0.1) is 7.11 Å². The average Bonchev–Trinajstić information content (AvgIpc) is 2.64. The van der Waals surface area contributed by atoms with E-state index in [0.29, 0.717) is 11.5 Å². The van der Waals surface area contributed by atoms with Crippen LogP contribution in [-0.4, -0.2) is 13.1 Å². The average molecular weight is 353 g/mol. The second kappa shape index (κ2) is 8.82. The smallest absolute Gasteiger partial charge is 0.349 e. The van der Waals surface area contributed by atoms with Crippen molar-refractivity contribution in [3.05, 3.63) is 70.5 Å². The summed E-state index contributed by atoms with van der Waals surface area (Å²) in [5.41, 5.74) is 2.26. The Bertz CT molecular complexity index is 849. The fraction of sp³-hybridized carbons (Fsp3) is 0.238. The lowest BCUT2D eigenvalue weighted by atomic mass is 10.0. The molecule has 0 amide bonds. The summed E-state index contributed by atoms with van der Waals surface area (Å²) in [6.45, 7) is 4.04. The van der Waals surface area contributed by atoms with Gasteiger partial charge in [-0.1, -0.05) is 44.2 Å². The molecular weight excluding hydrogens is 333 g/mol. The van der Waals surface area contributed by atoms with Crippen molar-refractivity contribution in [1.29, 1.82) is 5.26 Å². The van der Waals surface area contributed by atoms with Gasteiger partial charge < -0.3 is 9.47 Å². The molecule has 0 aliphatic carbocycles. The number of benzene rings is 2. The SMILES string of the molecule is COc1ccc(COC(=O)/C(C#N)=C/c2ccc(C(C)C)cc2)cc1F. The number of ether oxygens (including phenoxy) is 2. The molecule has 0 aromatic heterocycles. The fourth-order valence-corrected chi connectivity index (χ4v) is 2.31. The molecular formula is C21H20FNO3. The van der Waals surface area contributed by atoms with E-state index in [-0.39, 0.29) is 17.9 Å². The fourth-order valence-electron chi connectivity index (χ4n) is 2.31. The van der Waals surface area contributed by atoms with Crippen molar-refractivity contribution in [1.82, 2.24) is 0 Å². The van der Waals surface area contributed by atoms with Crippen LogP contribution in [-0.2, 0) is 16.1 Å². The molecule has 0 N–H and O–H groups in total. The maximum atomic E-state index is 13.6. The van der Waals surface area contributed by atoms with Crippen LogP contribution in [0.3, 0.4) is 0 Å². The van der Waals surface area contributed by atoms with E-state index in [4.69, 9.17) is 9.47 Å². The molecule has 0 radical (unpaired) electrons. The van der Waals surface area contributed by atoms with Gasteiger partial charge >= 0.3 is 5.97 Å². The molecule has 5 heteroatoms. The summed E-state index contributed by atoms with van der Waals surface area (Å²) in [6.07, 6.45) is 1.47. The van der Waals surface area contributed by atoms with Gasteiger partial charge in [0.25, 0.3) is 0 Å². The Balaban J connectivity index is 2.06. The van der Waals surface area contributed by atoms with Gasteiger partial charge in [0.2, 0.25) is 0 Å². The molecule has 0 saturated carbocycles. The molecule has 0 heterocycles. The first-order chi connectivity index (χ1) is 12.4. The van der Waals surface area contributed by atoms with E-state index in [0.717, 1.165) is 5.56 Å². The molecule has 2 rings (SSSR count). The minimum Gasteiger partial charge on any atom is -0.494 e. The molecule has 0 saturated heterocycles. The van der Waals surface area contributed by atoms with Crippen LogP contribution in [0.2, 0.25) is 0 Å². The molecule has 0 fully saturated rings. The number of hydrogen-bond acceptors (Lipinski definition) is 4. The van der Waals surface area contributed by atoms with E-state index < -0.39 is 11.8 Å². The monoisotopic (exact) mass is 353 g/mol. The summed E-state index contributed by atoms with van der Waals surface area (Å²) in [6, 6.07) is 13.7. The zero-order valence-electron chi connectivity index (χ0n) is 15.0. The number of hydrogen-bond donors (Lipinski definition) is 0. The first-order valence-corrected chi connectivity index (χ1v) is 8.16. The molecule has 0 aliphatic heterocycles. The number of esters is 1. The van der Waals surface area contributed by atoms with Crippen LogP contribution in [0.5, 0.6) is 5.75 Å². The molecule has 2 aromatic rings. The Hall–Kier alpha value is -3.13. The van der Waals surface area contributed by atoms with E-state index in [2.05, 4.69) is 13.8 Å². The Kier molecular flexibility index (Phi) is 6.51. The molecule has 2 aromatic carbocycles. The molecule has 4 nitrogen and oxygen atoms in total. The second-order valence-electron chi connectivity index (χ2n) is 6.04. The molecule has 26 heavy (non-hydrogen) atoms. The largest absolute Gasteiger partial charge is 0.494 e. The lowest BCUT2D eigenvalue weighted by Crippen LogP contribution is -2.07. The summed E-state index contributed by atoms with van der Waals surface area (Å²) in [7, 11) is 1.37. The van der Waals surface area contributed by atoms with E-state index in [1.54, 1.807) is 6.07 Å². The molecule has 0 unspecified atom stereocenters. The number of methoxy groups -OCH3 is 1. The van der Waals surface area contributed by atoms with Crippen molar-refractivity contribution in [2.45, 2.75) is 26.4 Å². The van der Waals surface area contributed by atoms with Gasteiger partial charge in [-0.25, -0.2) is 9.18 Å². The van der Waals surface area contributed by atoms with Crippen LogP contribution >= 0.6 is 0 Å². The van der Waals surface area contributed by atoms with Crippen LogP contribution in [0.4, 0.5) is 4.39 Å². The van der Waals surface area contributed by atoms with E-state index >= 15 is 0 Å². The summed E-state index contributed by atoms with van der Waals surface area (Å²) >= 11 is 0. The Labute approximate surface area is 152 Å². The maximum absolute atomic E-state index is 13.6. The third-order valence-electron chi connectivity index (χ3n) is 3.84. The standard InChI is InChI=1S/C21H20FNO3/c1-14(2)17-7-4-15(5-8-17)10-18(12-23)21(24)26-13-16-6-9-20(25-3)19(22)11-16/h4-11,14H,13H2,1-3H3/b18-10+. The van der Waals surface area contributed by atoms with Crippen LogP contribution in [0, 0.1) is 17.1 Å². The van der Waals surface area contributed by atoms with Gasteiger partial charge in [-0.3, -0.25) is 0 Å². The van der Waals surface area contributed by atoms with E-state index in [9.17, 15) is 14.4 Å². The highest BCUT2D eigenvalue weighted by Crippen LogP contribution is 2.19. The number of carbonyl (C=O) groups is 1. The quantitative estimate of drug-likeness (QED) is 0.432. The predicted molar refractivity (Wildman–Crippen MR) is 96.9 cm³/mol. The summed E-state index contributed by atoms with van der Waals surface area (Å²) in [4.78, 5) is 12.1. The number of carbonyl (C=O) groups excluding carboxylic acids is 1. The highest BCUT2D eigenvalue weighted by molar-refractivity contribution is 5.97. The van der Waals surface area contributed by atoms with Crippen molar-refractivity contribution in [3.63, 3.8) is 0 Å². The second-order valence-corrected chi connectivity index (χ2v) is 6.04. The van der Waals surface area contributed by atoms with Crippen LogP contribution < -0.4 is 4.74 Å². The van der Waals surface area contributed by atoms with E-state index in [1.165, 1.54) is 30.9 Å². The number of nitriles is 1. The third-order valence-corrected chi connectivity index (χ3v) is 3.84. The van der Waals surface area contributed by atoms with Crippen LogP contribution in [0.25, 0.3) is 6.08 Å². The zero-order chi connectivity index (χ0) is 19.1. The predicted octanol–water partition coefficient (Wildman–Crippen LogP) is 4.61. The Morgan fingerprint density at radius 3 is 2.46 bits per heavy atom. The van der Waals surface area contributed by atoms with E-state index in [1.807, 2.05) is 30.3 Å². The van der Waals surface area contributed by atoms with Gasteiger partial charge in [-0.15, -0.1) is 0 Å². The molecule has 0 spiro atoms. The number of nitrogens with zero attached hydrogens (tertiary/aromatic N) is 1. The third kappa shape index (κ3) is 4.93. The van der Waals surface area contributed by atoms with Gasteiger partial charge in [0, 0.05) is 0 Å². The van der Waals surface area contributed by atoms with Crippen molar-refractivity contribution in [2.24, 2.45) is 0 Å². The highest BCUT2D eigenvalue weighted by atomic mass is 19.1. The highest BCUT2D eigenvalue weighted by Gasteiger charge is 2.12.